The van der Waals surface area contributed by atoms with Crippen LogP contribution in [0.2, 0.25) is 0 Å². The monoisotopic (exact) mass is 338 g/mol. The Morgan fingerprint density at radius 2 is 1.12 bits per heavy atom. The summed E-state index contributed by atoms with van der Waals surface area (Å²) in [4.78, 5) is 23.7. The summed E-state index contributed by atoms with van der Waals surface area (Å²) in [5.41, 5.74) is 0. The minimum absolute atomic E-state index is 0.271. The molecule has 2 saturated heterocycles. The molecule has 0 aromatic heterocycles. The molecule has 4 aliphatic rings. The van der Waals surface area contributed by atoms with E-state index in [2.05, 4.69) is 13.8 Å². The normalized spacial score (nSPS) is 45.6. The number of carbonyl (C=O) groups is 2. The number of rotatable bonds is 4. The van der Waals surface area contributed by atoms with Crippen molar-refractivity contribution in [1.82, 2.24) is 0 Å². The van der Waals surface area contributed by atoms with Crippen molar-refractivity contribution in [2.24, 2.45) is 23.7 Å². The standard InChI is InChI=1S/C18H26O6/c1-9-3-13-15(23-13)5-11(9)7-21-17(19)18(20)22-8-12-6-16-14(24-16)4-10(12)2/h9-16H,3-8H2,1-2H3. The number of ether oxygens (including phenoxy) is 4. The largest absolute Gasteiger partial charge is 0.457 e. The summed E-state index contributed by atoms with van der Waals surface area (Å²) >= 11 is 0. The average Bonchev–Trinajstić information content (AvgIpc) is 3.45. The zero-order valence-corrected chi connectivity index (χ0v) is 14.3. The van der Waals surface area contributed by atoms with Gasteiger partial charge in [0.2, 0.25) is 0 Å². The molecule has 8 unspecified atom stereocenters. The molecule has 0 spiro atoms. The van der Waals surface area contributed by atoms with Gasteiger partial charge in [-0.3, -0.25) is 0 Å². The van der Waals surface area contributed by atoms with Crippen LogP contribution in [0.1, 0.15) is 39.5 Å². The first kappa shape index (κ1) is 16.3. The molecule has 6 heteroatoms. The highest BCUT2D eigenvalue weighted by Crippen LogP contribution is 2.43. The van der Waals surface area contributed by atoms with E-state index in [1.54, 1.807) is 0 Å². The fourth-order valence-corrected chi connectivity index (χ4v) is 4.31. The fraction of sp³-hybridized carbons (Fsp3) is 0.889. The van der Waals surface area contributed by atoms with E-state index in [1.165, 1.54) is 0 Å². The van der Waals surface area contributed by atoms with Gasteiger partial charge in [0.25, 0.3) is 0 Å². The molecule has 4 rings (SSSR count). The Hall–Kier alpha value is -1.14. The van der Waals surface area contributed by atoms with Crippen LogP contribution >= 0.6 is 0 Å². The first-order valence-corrected chi connectivity index (χ1v) is 9.16. The first-order chi connectivity index (χ1) is 11.5. The van der Waals surface area contributed by atoms with Gasteiger partial charge in [0.15, 0.2) is 0 Å². The molecule has 24 heavy (non-hydrogen) atoms. The molecule has 0 aromatic carbocycles. The van der Waals surface area contributed by atoms with E-state index in [1.807, 2.05) is 0 Å². The van der Waals surface area contributed by atoms with Crippen molar-refractivity contribution >= 4 is 11.9 Å². The number of hydrogen-bond acceptors (Lipinski definition) is 6. The van der Waals surface area contributed by atoms with Gasteiger partial charge in [-0.1, -0.05) is 13.8 Å². The van der Waals surface area contributed by atoms with Gasteiger partial charge in [0.05, 0.1) is 37.6 Å². The van der Waals surface area contributed by atoms with E-state index in [0.29, 0.717) is 36.3 Å². The lowest BCUT2D eigenvalue weighted by Crippen LogP contribution is -2.32. The fourth-order valence-electron chi connectivity index (χ4n) is 4.31. The lowest BCUT2D eigenvalue weighted by Gasteiger charge is -2.26. The van der Waals surface area contributed by atoms with Crippen LogP contribution in [0.3, 0.4) is 0 Å². The van der Waals surface area contributed by atoms with E-state index < -0.39 is 11.9 Å². The maximum absolute atomic E-state index is 11.9. The molecule has 2 heterocycles. The molecule has 2 aliphatic heterocycles. The molecule has 4 fully saturated rings. The molecule has 0 aromatic rings. The Bertz CT molecular complexity index is 474. The van der Waals surface area contributed by atoms with E-state index in [9.17, 15) is 9.59 Å². The highest BCUT2D eigenvalue weighted by Gasteiger charge is 2.48. The van der Waals surface area contributed by atoms with Crippen molar-refractivity contribution < 1.29 is 28.5 Å². The topological polar surface area (TPSA) is 77.7 Å². The Morgan fingerprint density at radius 1 is 0.750 bits per heavy atom. The Labute approximate surface area is 142 Å². The number of epoxide rings is 2. The van der Waals surface area contributed by atoms with E-state index in [-0.39, 0.29) is 25.0 Å². The molecule has 2 saturated carbocycles. The highest BCUT2D eigenvalue weighted by atomic mass is 16.6. The number of carbonyl (C=O) groups excluding carboxylic acids is 2. The van der Waals surface area contributed by atoms with Crippen LogP contribution < -0.4 is 0 Å². The van der Waals surface area contributed by atoms with Crippen molar-refractivity contribution in [3.8, 4) is 0 Å². The van der Waals surface area contributed by atoms with Crippen LogP contribution in [0.4, 0.5) is 0 Å². The maximum Gasteiger partial charge on any atom is 0.417 e. The molecule has 0 amide bonds. The second-order valence-corrected chi connectivity index (χ2v) is 8.04. The molecule has 0 N–H and O–H groups in total. The zero-order chi connectivity index (χ0) is 16.8. The molecule has 2 aliphatic carbocycles. The lowest BCUT2D eigenvalue weighted by atomic mass is 9.81. The van der Waals surface area contributed by atoms with Crippen LogP contribution in [0, 0.1) is 23.7 Å². The van der Waals surface area contributed by atoms with E-state index >= 15 is 0 Å². The summed E-state index contributed by atoms with van der Waals surface area (Å²) in [5, 5.41) is 0. The average molecular weight is 338 g/mol. The third-order valence-electron chi connectivity index (χ3n) is 6.29. The van der Waals surface area contributed by atoms with Gasteiger partial charge in [-0.2, -0.15) is 0 Å². The van der Waals surface area contributed by atoms with Crippen LogP contribution in [-0.4, -0.2) is 49.6 Å². The molecular weight excluding hydrogens is 312 g/mol. The summed E-state index contributed by atoms with van der Waals surface area (Å²) in [7, 11) is 0. The van der Waals surface area contributed by atoms with Gasteiger partial charge in [0, 0.05) is 0 Å². The predicted octanol–water partition coefficient (Wildman–Crippen LogP) is 1.70. The van der Waals surface area contributed by atoms with Crippen LogP contribution in [0.15, 0.2) is 0 Å². The second-order valence-electron chi connectivity index (χ2n) is 8.04. The number of fused-ring (bicyclic) bond motifs is 2. The van der Waals surface area contributed by atoms with Crippen molar-refractivity contribution in [1.29, 1.82) is 0 Å². The second kappa shape index (κ2) is 6.30. The summed E-state index contributed by atoms with van der Waals surface area (Å²) in [6.07, 6.45) is 5.33. The van der Waals surface area contributed by atoms with Crippen molar-refractivity contribution in [3.05, 3.63) is 0 Å². The molecule has 0 bridgehead atoms. The molecule has 6 nitrogen and oxygen atoms in total. The summed E-state index contributed by atoms with van der Waals surface area (Å²) in [6, 6.07) is 0. The minimum Gasteiger partial charge on any atom is -0.457 e. The lowest BCUT2D eigenvalue weighted by molar-refractivity contribution is -0.170. The Morgan fingerprint density at radius 3 is 1.54 bits per heavy atom. The van der Waals surface area contributed by atoms with Crippen LogP contribution in [0.5, 0.6) is 0 Å². The summed E-state index contributed by atoms with van der Waals surface area (Å²) in [5.74, 6) is -0.296. The van der Waals surface area contributed by atoms with Gasteiger partial charge >= 0.3 is 11.9 Å². The molecule has 134 valence electrons. The van der Waals surface area contributed by atoms with Crippen LogP contribution in [-0.2, 0) is 28.5 Å². The SMILES string of the molecule is CC1CC2OC2CC1COC(=O)C(=O)OCC1CC2OC2CC1C. The Kier molecular flexibility index (Phi) is 4.29. The third-order valence-corrected chi connectivity index (χ3v) is 6.29. The number of hydrogen-bond donors (Lipinski definition) is 0. The highest BCUT2D eigenvalue weighted by molar-refractivity contribution is 6.29. The van der Waals surface area contributed by atoms with Gasteiger partial charge in [-0.25, -0.2) is 9.59 Å². The zero-order valence-electron chi connectivity index (χ0n) is 14.3. The Balaban J connectivity index is 1.18. The van der Waals surface area contributed by atoms with Gasteiger partial charge in [-0.15, -0.1) is 0 Å². The van der Waals surface area contributed by atoms with E-state index in [4.69, 9.17) is 18.9 Å². The predicted molar refractivity (Wildman–Crippen MR) is 83.0 cm³/mol. The first-order valence-electron chi connectivity index (χ1n) is 9.16. The quantitative estimate of drug-likeness (QED) is 0.441. The van der Waals surface area contributed by atoms with E-state index in [0.717, 1.165) is 25.7 Å². The maximum atomic E-state index is 11.9. The van der Waals surface area contributed by atoms with Gasteiger partial charge in [-0.05, 0) is 49.4 Å². The van der Waals surface area contributed by atoms with Crippen molar-refractivity contribution in [2.75, 3.05) is 13.2 Å². The van der Waals surface area contributed by atoms with Gasteiger partial charge in [0.1, 0.15) is 0 Å². The number of esters is 2. The minimum atomic E-state index is -0.870. The third kappa shape index (κ3) is 3.45. The smallest absolute Gasteiger partial charge is 0.417 e. The molecule has 8 atom stereocenters. The van der Waals surface area contributed by atoms with Gasteiger partial charge < -0.3 is 18.9 Å². The van der Waals surface area contributed by atoms with Crippen molar-refractivity contribution in [3.63, 3.8) is 0 Å². The summed E-state index contributed by atoms with van der Waals surface area (Å²) in [6.45, 7) is 4.84. The molecular formula is C18H26O6. The van der Waals surface area contributed by atoms with Crippen molar-refractivity contribution in [2.45, 2.75) is 63.9 Å². The summed E-state index contributed by atoms with van der Waals surface area (Å²) < 4.78 is 21.4. The van der Waals surface area contributed by atoms with Crippen LogP contribution in [0.25, 0.3) is 0 Å². The molecule has 0 radical (unpaired) electrons.